The zero-order chi connectivity index (χ0) is 14.4. The number of aromatic nitrogens is 2. The Morgan fingerprint density at radius 3 is 2.95 bits per heavy atom. The van der Waals surface area contributed by atoms with Crippen LogP contribution in [0, 0.1) is 5.82 Å². The van der Waals surface area contributed by atoms with E-state index in [1.807, 2.05) is 0 Å². The number of carbonyl (C=O) groups is 1. The number of aromatic amines is 1. The lowest BCUT2D eigenvalue weighted by molar-refractivity contribution is -0.137. The van der Waals surface area contributed by atoms with Gasteiger partial charge in [0.05, 0.1) is 11.9 Å². The van der Waals surface area contributed by atoms with Gasteiger partial charge in [-0.1, -0.05) is 12.1 Å². The Labute approximate surface area is 115 Å². The zero-order valence-electron chi connectivity index (χ0n) is 10.9. The molecule has 6 heteroatoms. The van der Waals surface area contributed by atoms with E-state index in [2.05, 4.69) is 15.5 Å². The van der Waals surface area contributed by atoms with Crippen LogP contribution in [0.15, 0.2) is 30.5 Å². The number of carboxylic acids is 1. The first-order valence-electron chi connectivity index (χ1n) is 6.38. The van der Waals surface area contributed by atoms with Gasteiger partial charge in [-0.25, -0.2) is 4.39 Å². The summed E-state index contributed by atoms with van der Waals surface area (Å²) in [5, 5.41) is 18.4. The summed E-state index contributed by atoms with van der Waals surface area (Å²) >= 11 is 0. The maximum atomic E-state index is 13.7. The Hall–Kier alpha value is -2.21. The maximum absolute atomic E-state index is 13.7. The molecule has 0 spiro atoms. The SMILES string of the molecule is O=C(O)CCCNCc1cn[nH]c1-c1ccccc1F. The summed E-state index contributed by atoms with van der Waals surface area (Å²) in [6, 6.07) is 6.50. The van der Waals surface area contributed by atoms with Gasteiger partial charge in [-0.2, -0.15) is 5.10 Å². The summed E-state index contributed by atoms with van der Waals surface area (Å²) in [6.45, 7) is 1.11. The largest absolute Gasteiger partial charge is 0.481 e. The van der Waals surface area contributed by atoms with Crippen molar-refractivity contribution in [3.63, 3.8) is 0 Å². The van der Waals surface area contributed by atoms with Crippen molar-refractivity contribution in [3.8, 4) is 11.3 Å². The van der Waals surface area contributed by atoms with E-state index in [4.69, 9.17) is 5.11 Å². The fourth-order valence-electron chi connectivity index (χ4n) is 1.93. The third kappa shape index (κ3) is 3.64. The van der Waals surface area contributed by atoms with E-state index >= 15 is 0 Å². The fraction of sp³-hybridized carbons (Fsp3) is 0.286. The van der Waals surface area contributed by atoms with Crippen molar-refractivity contribution in [3.05, 3.63) is 41.8 Å². The van der Waals surface area contributed by atoms with Gasteiger partial charge in [0, 0.05) is 24.1 Å². The molecule has 106 valence electrons. The number of hydrogen-bond donors (Lipinski definition) is 3. The van der Waals surface area contributed by atoms with Crippen LogP contribution >= 0.6 is 0 Å². The van der Waals surface area contributed by atoms with Gasteiger partial charge in [-0.05, 0) is 25.1 Å². The van der Waals surface area contributed by atoms with Crippen molar-refractivity contribution in [1.29, 1.82) is 0 Å². The van der Waals surface area contributed by atoms with E-state index in [0.717, 1.165) is 5.56 Å². The standard InChI is InChI=1S/C14H16FN3O2/c15-12-5-2-1-4-11(12)14-10(9-17-18-14)8-16-7-3-6-13(19)20/h1-2,4-5,9,16H,3,6-8H2,(H,17,18)(H,19,20). The normalized spacial score (nSPS) is 10.7. The number of halogens is 1. The molecule has 0 aliphatic rings. The molecule has 1 aromatic carbocycles. The Kier molecular flexibility index (Phi) is 4.84. The molecule has 3 N–H and O–H groups in total. The number of nitrogens with one attached hydrogen (secondary N) is 2. The van der Waals surface area contributed by atoms with E-state index < -0.39 is 5.97 Å². The average Bonchev–Trinajstić information content (AvgIpc) is 2.87. The Morgan fingerprint density at radius 1 is 1.40 bits per heavy atom. The van der Waals surface area contributed by atoms with Gasteiger partial charge in [0.15, 0.2) is 0 Å². The molecule has 1 heterocycles. The van der Waals surface area contributed by atoms with Crippen LogP contribution in [-0.4, -0.2) is 27.8 Å². The minimum Gasteiger partial charge on any atom is -0.481 e. The van der Waals surface area contributed by atoms with Crippen molar-refractivity contribution in [2.45, 2.75) is 19.4 Å². The third-order valence-corrected chi connectivity index (χ3v) is 2.92. The summed E-state index contributed by atoms with van der Waals surface area (Å²) in [5.74, 6) is -1.11. The molecule has 2 rings (SSSR count). The first-order chi connectivity index (χ1) is 9.68. The van der Waals surface area contributed by atoms with Gasteiger partial charge in [0.2, 0.25) is 0 Å². The number of hydrogen-bond acceptors (Lipinski definition) is 3. The average molecular weight is 277 g/mol. The molecular weight excluding hydrogens is 261 g/mol. The van der Waals surface area contributed by atoms with Crippen LogP contribution in [0.1, 0.15) is 18.4 Å². The molecule has 0 unspecified atom stereocenters. The van der Waals surface area contributed by atoms with Crippen molar-refractivity contribution in [2.75, 3.05) is 6.54 Å². The number of rotatable bonds is 7. The van der Waals surface area contributed by atoms with Crippen LogP contribution in [0.4, 0.5) is 4.39 Å². The molecule has 0 radical (unpaired) electrons. The molecule has 5 nitrogen and oxygen atoms in total. The summed E-state index contributed by atoms with van der Waals surface area (Å²) in [5.41, 5.74) is 1.98. The molecule has 0 aliphatic heterocycles. The Morgan fingerprint density at radius 2 is 2.20 bits per heavy atom. The van der Waals surface area contributed by atoms with Gasteiger partial charge in [0.25, 0.3) is 0 Å². The van der Waals surface area contributed by atoms with Crippen molar-refractivity contribution >= 4 is 5.97 Å². The van der Waals surface area contributed by atoms with Crippen molar-refractivity contribution < 1.29 is 14.3 Å². The van der Waals surface area contributed by atoms with Crippen LogP contribution in [-0.2, 0) is 11.3 Å². The lowest BCUT2D eigenvalue weighted by Gasteiger charge is -2.06. The zero-order valence-corrected chi connectivity index (χ0v) is 10.9. The van der Waals surface area contributed by atoms with Crippen molar-refractivity contribution in [1.82, 2.24) is 15.5 Å². The van der Waals surface area contributed by atoms with E-state index in [1.165, 1.54) is 6.07 Å². The molecule has 2 aromatic rings. The molecular formula is C14H16FN3O2. The highest BCUT2D eigenvalue weighted by Gasteiger charge is 2.11. The number of aliphatic carboxylic acids is 1. The smallest absolute Gasteiger partial charge is 0.303 e. The van der Waals surface area contributed by atoms with Crippen LogP contribution in [0.5, 0.6) is 0 Å². The summed E-state index contributed by atoms with van der Waals surface area (Å²) in [4.78, 5) is 10.4. The van der Waals surface area contributed by atoms with Gasteiger partial charge in [0.1, 0.15) is 5.82 Å². The monoisotopic (exact) mass is 277 g/mol. The summed E-state index contributed by atoms with van der Waals surface area (Å²) < 4.78 is 13.7. The predicted octanol–water partition coefficient (Wildman–Crippen LogP) is 2.17. The van der Waals surface area contributed by atoms with Crippen LogP contribution in [0.25, 0.3) is 11.3 Å². The van der Waals surface area contributed by atoms with Gasteiger partial charge in [-0.3, -0.25) is 9.89 Å². The highest BCUT2D eigenvalue weighted by Crippen LogP contribution is 2.23. The van der Waals surface area contributed by atoms with Gasteiger partial charge in [-0.15, -0.1) is 0 Å². The van der Waals surface area contributed by atoms with Crippen molar-refractivity contribution in [2.24, 2.45) is 0 Å². The summed E-state index contributed by atoms with van der Waals surface area (Å²) in [6.07, 6.45) is 2.34. The first-order valence-corrected chi connectivity index (χ1v) is 6.38. The second kappa shape index (κ2) is 6.81. The highest BCUT2D eigenvalue weighted by molar-refractivity contribution is 5.66. The number of nitrogens with zero attached hydrogens (tertiary/aromatic N) is 1. The second-order valence-corrected chi connectivity index (χ2v) is 4.42. The topological polar surface area (TPSA) is 78.0 Å². The van der Waals surface area contributed by atoms with E-state index in [0.29, 0.717) is 30.8 Å². The predicted molar refractivity (Wildman–Crippen MR) is 72.6 cm³/mol. The highest BCUT2D eigenvalue weighted by atomic mass is 19.1. The molecule has 1 aromatic heterocycles. The lowest BCUT2D eigenvalue weighted by atomic mass is 10.1. The molecule has 0 bridgehead atoms. The maximum Gasteiger partial charge on any atom is 0.303 e. The molecule has 0 saturated carbocycles. The number of H-pyrrole nitrogens is 1. The number of benzene rings is 1. The van der Waals surface area contributed by atoms with Crippen LogP contribution in [0.2, 0.25) is 0 Å². The lowest BCUT2D eigenvalue weighted by Crippen LogP contribution is -2.16. The summed E-state index contributed by atoms with van der Waals surface area (Å²) in [7, 11) is 0. The van der Waals surface area contributed by atoms with Crippen LogP contribution < -0.4 is 5.32 Å². The first kappa shape index (κ1) is 14.2. The van der Waals surface area contributed by atoms with E-state index in [9.17, 15) is 9.18 Å². The van der Waals surface area contributed by atoms with Gasteiger partial charge < -0.3 is 10.4 Å². The van der Waals surface area contributed by atoms with E-state index in [1.54, 1.807) is 24.4 Å². The molecule has 20 heavy (non-hydrogen) atoms. The molecule has 0 aliphatic carbocycles. The Balaban J connectivity index is 1.96. The molecule has 0 amide bonds. The van der Waals surface area contributed by atoms with Gasteiger partial charge >= 0.3 is 5.97 Å². The van der Waals surface area contributed by atoms with E-state index in [-0.39, 0.29) is 12.2 Å². The fourth-order valence-corrected chi connectivity index (χ4v) is 1.93. The second-order valence-electron chi connectivity index (χ2n) is 4.42. The molecule has 0 saturated heterocycles. The Bertz CT molecular complexity index is 583. The number of carboxylic acid groups (broad SMARTS) is 1. The quantitative estimate of drug-likeness (QED) is 0.678. The minimum atomic E-state index is -0.804. The third-order valence-electron chi connectivity index (χ3n) is 2.92. The van der Waals surface area contributed by atoms with Crippen LogP contribution in [0.3, 0.4) is 0 Å². The molecule has 0 fully saturated rings. The molecule has 0 atom stereocenters. The minimum absolute atomic E-state index is 0.137.